The van der Waals surface area contributed by atoms with E-state index in [0.29, 0.717) is 0 Å². The smallest absolute Gasteiger partial charge is 0.0240 e. The maximum absolute atomic E-state index is 2.58. The summed E-state index contributed by atoms with van der Waals surface area (Å²) >= 11 is 0. The maximum atomic E-state index is 2.58. The first-order valence-electron chi connectivity index (χ1n) is 9.51. The first-order chi connectivity index (χ1) is 12.9. The van der Waals surface area contributed by atoms with Crippen LogP contribution >= 0.6 is 24.8 Å². The number of nitrogens with zero attached hydrogens (tertiary/aromatic N) is 2. The van der Waals surface area contributed by atoms with Gasteiger partial charge in [-0.1, -0.05) is 84.9 Å². The minimum atomic E-state index is 0. The Labute approximate surface area is 180 Å². The van der Waals surface area contributed by atoms with Gasteiger partial charge in [-0.05, 0) is 21.9 Å². The third-order valence-corrected chi connectivity index (χ3v) is 5.21. The zero-order valence-corrected chi connectivity index (χ0v) is 17.7. The molecule has 1 fully saturated rings. The topological polar surface area (TPSA) is 6.48 Å². The van der Waals surface area contributed by atoms with Crippen molar-refractivity contribution >= 4 is 41.7 Å². The van der Waals surface area contributed by atoms with Crippen molar-refractivity contribution in [2.75, 3.05) is 32.7 Å². The molecule has 1 heterocycles. The zero-order chi connectivity index (χ0) is 17.6. The van der Waals surface area contributed by atoms with Gasteiger partial charge in [0.1, 0.15) is 0 Å². The van der Waals surface area contributed by atoms with Gasteiger partial charge in [0.05, 0.1) is 0 Å². The van der Waals surface area contributed by atoms with Gasteiger partial charge in [0.2, 0.25) is 0 Å². The summed E-state index contributed by atoms with van der Waals surface area (Å²) in [5.74, 6) is 0. The molecule has 28 heavy (non-hydrogen) atoms. The summed E-state index contributed by atoms with van der Waals surface area (Å²) in [4.78, 5) is 5.12. The Hall–Kier alpha value is -1.84. The SMILES string of the molecule is C(=C\c1ccccc1)/CN1CCN(Cc2cccc3ccccc23)CC1.Cl.Cl. The molecule has 4 heteroatoms. The van der Waals surface area contributed by atoms with Crippen LogP contribution in [0.1, 0.15) is 11.1 Å². The molecule has 0 unspecified atom stereocenters. The van der Waals surface area contributed by atoms with Gasteiger partial charge in [-0.2, -0.15) is 0 Å². The van der Waals surface area contributed by atoms with Gasteiger partial charge in [-0.3, -0.25) is 9.80 Å². The summed E-state index contributed by atoms with van der Waals surface area (Å²) in [5.41, 5.74) is 2.72. The third kappa shape index (κ3) is 5.83. The van der Waals surface area contributed by atoms with Crippen LogP contribution in [0.3, 0.4) is 0 Å². The average molecular weight is 415 g/mol. The Morgan fingerprint density at radius 1 is 0.679 bits per heavy atom. The van der Waals surface area contributed by atoms with Crippen molar-refractivity contribution in [3.8, 4) is 0 Å². The van der Waals surface area contributed by atoms with Crippen LogP contribution in [0, 0.1) is 0 Å². The van der Waals surface area contributed by atoms with Gasteiger partial charge >= 0.3 is 0 Å². The van der Waals surface area contributed by atoms with E-state index >= 15 is 0 Å². The highest BCUT2D eigenvalue weighted by molar-refractivity contribution is 5.86. The van der Waals surface area contributed by atoms with Crippen molar-refractivity contribution in [1.29, 1.82) is 0 Å². The predicted octanol–water partition coefficient (Wildman–Crippen LogP) is 5.51. The molecule has 0 saturated carbocycles. The number of halogens is 2. The van der Waals surface area contributed by atoms with E-state index < -0.39 is 0 Å². The molecular formula is C24H28Cl2N2. The number of fused-ring (bicyclic) bond motifs is 1. The largest absolute Gasteiger partial charge is 0.297 e. The quantitative estimate of drug-likeness (QED) is 0.542. The van der Waals surface area contributed by atoms with E-state index in [0.717, 1.165) is 39.3 Å². The Balaban J connectivity index is 0.00000140. The van der Waals surface area contributed by atoms with Crippen molar-refractivity contribution in [3.63, 3.8) is 0 Å². The van der Waals surface area contributed by atoms with Gasteiger partial charge in [0.25, 0.3) is 0 Å². The van der Waals surface area contributed by atoms with Crippen LogP contribution in [0.4, 0.5) is 0 Å². The predicted molar refractivity (Wildman–Crippen MR) is 126 cm³/mol. The second-order valence-electron chi connectivity index (χ2n) is 7.03. The van der Waals surface area contributed by atoms with Gasteiger partial charge in [0.15, 0.2) is 0 Å². The van der Waals surface area contributed by atoms with Crippen LogP contribution in [0.15, 0.2) is 78.9 Å². The summed E-state index contributed by atoms with van der Waals surface area (Å²) in [5, 5.41) is 2.73. The van der Waals surface area contributed by atoms with Crippen LogP contribution in [0.25, 0.3) is 16.8 Å². The van der Waals surface area contributed by atoms with Gasteiger partial charge in [0, 0.05) is 39.3 Å². The molecule has 0 bridgehead atoms. The molecule has 3 aromatic rings. The lowest BCUT2D eigenvalue weighted by molar-refractivity contribution is 0.137. The Morgan fingerprint density at radius 3 is 2.11 bits per heavy atom. The zero-order valence-electron chi connectivity index (χ0n) is 16.0. The number of hydrogen-bond donors (Lipinski definition) is 0. The van der Waals surface area contributed by atoms with Crippen LogP contribution in [-0.2, 0) is 6.54 Å². The van der Waals surface area contributed by atoms with E-state index in [1.54, 1.807) is 0 Å². The summed E-state index contributed by atoms with van der Waals surface area (Å²) in [6, 6.07) is 25.9. The van der Waals surface area contributed by atoms with E-state index in [-0.39, 0.29) is 24.8 Å². The molecule has 0 aliphatic carbocycles. The van der Waals surface area contributed by atoms with E-state index in [4.69, 9.17) is 0 Å². The third-order valence-electron chi connectivity index (χ3n) is 5.21. The first-order valence-corrected chi connectivity index (χ1v) is 9.51. The van der Waals surface area contributed by atoms with Crippen molar-refractivity contribution in [3.05, 3.63) is 90.0 Å². The molecule has 1 saturated heterocycles. The monoisotopic (exact) mass is 414 g/mol. The highest BCUT2D eigenvalue weighted by Gasteiger charge is 2.16. The minimum absolute atomic E-state index is 0. The van der Waals surface area contributed by atoms with E-state index in [1.807, 2.05) is 0 Å². The Kier molecular flexibility index (Phi) is 9.01. The molecule has 4 rings (SSSR count). The fraction of sp³-hybridized carbons (Fsp3) is 0.250. The summed E-state index contributed by atoms with van der Waals surface area (Å²) < 4.78 is 0. The Bertz CT molecular complexity index is 867. The van der Waals surface area contributed by atoms with Crippen LogP contribution in [-0.4, -0.2) is 42.5 Å². The van der Waals surface area contributed by atoms with Crippen molar-refractivity contribution in [2.24, 2.45) is 0 Å². The maximum Gasteiger partial charge on any atom is 0.0240 e. The van der Waals surface area contributed by atoms with Crippen LogP contribution in [0.5, 0.6) is 0 Å². The lowest BCUT2D eigenvalue weighted by atomic mass is 10.0. The lowest BCUT2D eigenvalue weighted by Crippen LogP contribution is -2.45. The molecule has 0 aromatic heterocycles. The summed E-state index contributed by atoms with van der Waals surface area (Å²) in [6.45, 7) is 6.66. The highest BCUT2D eigenvalue weighted by Crippen LogP contribution is 2.20. The molecule has 1 aliphatic rings. The standard InChI is InChI=1S/C24H26N2.2ClH/c1-2-8-21(9-3-1)10-7-15-25-16-18-26(19-17-25)20-23-13-6-12-22-11-4-5-14-24(22)23;;/h1-14H,15-20H2;2*1H/b10-7+;;. The second kappa shape index (κ2) is 11.2. The van der Waals surface area contributed by atoms with Gasteiger partial charge in [-0.15, -0.1) is 24.8 Å². The number of benzene rings is 3. The highest BCUT2D eigenvalue weighted by atomic mass is 35.5. The Morgan fingerprint density at radius 2 is 1.32 bits per heavy atom. The molecule has 0 radical (unpaired) electrons. The minimum Gasteiger partial charge on any atom is -0.297 e. The normalized spacial score (nSPS) is 15.3. The fourth-order valence-corrected chi connectivity index (χ4v) is 3.70. The molecule has 0 amide bonds. The summed E-state index contributed by atoms with van der Waals surface area (Å²) in [6.07, 6.45) is 4.51. The van der Waals surface area contributed by atoms with E-state index in [9.17, 15) is 0 Å². The summed E-state index contributed by atoms with van der Waals surface area (Å²) in [7, 11) is 0. The molecular weight excluding hydrogens is 387 g/mol. The first kappa shape index (κ1) is 22.4. The number of rotatable bonds is 5. The van der Waals surface area contributed by atoms with E-state index in [1.165, 1.54) is 21.9 Å². The number of piperazine rings is 1. The fourth-order valence-electron chi connectivity index (χ4n) is 3.70. The number of hydrogen-bond acceptors (Lipinski definition) is 2. The molecule has 0 spiro atoms. The molecule has 148 valence electrons. The second-order valence-corrected chi connectivity index (χ2v) is 7.03. The molecule has 1 aliphatic heterocycles. The van der Waals surface area contributed by atoms with Crippen molar-refractivity contribution < 1.29 is 0 Å². The van der Waals surface area contributed by atoms with Gasteiger partial charge in [-0.25, -0.2) is 0 Å². The van der Waals surface area contributed by atoms with Crippen molar-refractivity contribution in [1.82, 2.24) is 9.80 Å². The average Bonchev–Trinajstić information content (AvgIpc) is 2.70. The van der Waals surface area contributed by atoms with Crippen LogP contribution < -0.4 is 0 Å². The van der Waals surface area contributed by atoms with Gasteiger partial charge < -0.3 is 0 Å². The molecule has 2 nitrogen and oxygen atoms in total. The molecule has 0 atom stereocenters. The molecule has 0 N–H and O–H groups in total. The van der Waals surface area contributed by atoms with Crippen LogP contribution in [0.2, 0.25) is 0 Å². The lowest BCUT2D eigenvalue weighted by Gasteiger charge is -2.34. The van der Waals surface area contributed by atoms with Crippen molar-refractivity contribution in [2.45, 2.75) is 6.54 Å². The molecule has 3 aromatic carbocycles. The van der Waals surface area contributed by atoms with E-state index in [2.05, 4.69) is 94.7 Å².